The Balaban J connectivity index is 1.47. The molecule has 2 aromatic heterocycles. The van der Waals surface area contributed by atoms with E-state index in [9.17, 15) is 28.5 Å². The molecule has 0 unspecified atom stereocenters. The quantitative estimate of drug-likeness (QED) is 0.247. The van der Waals surface area contributed by atoms with E-state index in [1.807, 2.05) is 0 Å². The summed E-state index contributed by atoms with van der Waals surface area (Å²) in [5.74, 6) is -1.51. The lowest BCUT2D eigenvalue weighted by molar-refractivity contribution is -0.384. The first-order valence-electron chi connectivity index (χ1n) is 12.2. The molecule has 0 spiro atoms. The number of non-ortho nitro benzene ring substituents is 1. The number of aromatic nitrogens is 5. The maximum absolute atomic E-state index is 14.8. The Labute approximate surface area is 229 Å². The minimum atomic E-state index is -1.13. The van der Waals surface area contributed by atoms with Gasteiger partial charge in [-0.25, -0.2) is 18.6 Å². The van der Waals surface area contributed by atoms with Crippen LogP contribution >= 0.6 is 0 Å². The summed E-state index contributed by atoms with van der Waals surface area (Å²) in [6, 6.07) is 12.6. The normalized spacial score (nSPS) is 15.9. The molecule has 1 aliphatic rings. The summed E-state index contributed by atoms with van der Waals surface area (Å²) in [5, 5.41) is 22.9. The van der Waals surface area contributed by atoms with Crippen LogP contribution in [0.4, 0.5) is 25.0 Å². The fourth-order valence-electron chi connectivity index (χ4n) is 4.96. The third-order valence-corrected chi connectivity index (χ3v) is 6.86. The SMILES string of the molecule is Cn1ncnc1[C@H]1c2nn(C(=O)OCc3ccc([N+](=O)[O-])cc3)c(=O)c3cc(F)cc(c23)N[C@@H]1c1ccc(F)cc1. The van der Waals surface area contributed by atoms with Crippen molar-refractivity contribution in [1.29, 1.82) is 0 Å². The van der Waals surface area contributed by atoms with Crippen LogP contribution in [-0.4, -0.2) is 35.6 Å². The summed E-state index contributed by atoms with van der Waals surface area (Å²) in [6.07, 6.45) is 0.203. The molecular formula is C27H19F2N7O5. The van der Waals surface area contributed by atoms with Gasteiger partial charge in [0.25, 0.3) is 11.2 Å². The molecule has 6 rings (SSSR count). The number of nitro groups is 1. The van der Waals surface area contributed by atoms with Crippen molar-refractivity contribution in [2.75, 3.05) is 5.32 Å². The fraction of sp³-hybridized carbons (Fsp3) is 0.148. The van der Waals surface area contributed by atoms with Crippen LogP contribution in [0.1, 0.15) is 34.6 Å². The van der Waals surface area contributed by atoms with Gasteiger partial charge in [-0.2, -0.15) is 10.2 Å². The number of halogens is 2. The molecule has 3 aromatic carbocycles. The van der Waals surface area contributed by atoms with E-state index in [0.717, 1.165) is 6.07 Å². The van der Waals surface area contributed by atoms with Gasteiger partial charge in [-0.3, -0.25) is 19.6 Å². The van der Waals surface area contributed by atoms with Gasteiger partial charge < -0.3 is 10.1 Å². The first-order chi connectivity index (χ1) is 19.7. The molecular weight excluding hydrogens is 540 g/mol. The second-order valence-corrected chi connectivity index (χ2v) is 9.35. The largest absolute Gasteiger partial charge is 0.443 e. The third-order valence-electron chi connectivity index (χ3n) is 6.86. The minimum absolute atomic E-state index is 0.116. The van der Waals surface area contributed by atoms with Crippen molar-refractivity contribution in [3.05, 3.63) is 122 Å². The summed E-state index contributed by atoms with van der Waals surface area (Å²) in [5.41, 5.74) is 0.498. The lowest BCUT2D eigenvalue weighted by Gasteiger charge is -2.34. The summed E-state index contributed by atoms with van der Waals surface area (Å²) in [7, 11) is 1.66. The number of nitrogens with one attached hydrogen (secondary N) is 1. The van der Waals surface area contributed by atoms with E-state index in [2.05, 4.69) is 20.5 Å². The van der Waals surface area contributed by atoms with E-state index in [1.54, 1.807) is 19.2 Å². The molecule has 0 saturated heterocycles. The molecule has 0 aliphatic carbocycles. The Morgan fingerprint density at radius 3 is 2.49 bits per heavy atom. The predicted molar refractivity (Wildman–Crippen MR) is 140 cm³/mol. The van der Waals surface area contributed by atoms with Crippen LogP contribution in [0.25, 0.3) is 10.8 Å². The molecule has 1 N–H and O–H groups in total. The van der Waals surface area contributed by atoms with Crippen molar-refractivity contribution in [1.82, 2.24) is 24.5 Å². The lowest BCUT2D eigenvalue weighted by atomic mass is 9.83. The zero-order chi connectivity index (χ0) is 28.8. The van der Waals surface area contributed by atoms with Gasteiger partial charge in [0.2, 0.25) is 0 Å². The number of anilines is 1. The number of carbonyl (C=O) groups is 1. The topological polar surface area (TPSA) is 147 Å². The molecule has 0 fully saturated rings. The van der Waals surface area contributed by atoms with Gasteiger partial charge in [-0.15, -0.1) is 4.68 Å². The number of rotatable bonds is 5. The number of nitro benzene ring substituents is 1. The highest BCUT2D eigenvalue weighted by atomic mass is 19.1. The first-order valence-corrected chi connectivity index (χ1v) is 12.2. The van der Waals surface area contributed by atoms with Gasteiger partial charge in [0.1, 0.15) is 30.4 Å². The molecule has 12 nitrogen and oxygen atoms in total. The number of carbonyl (C=O) groups excluding carboxylic acids is 1. The molecule has 0 radical (unpaired) electrons. The zero-order valence-electron chi connectivity index (χ0n) is 21.2. The Hall–Kier alpha value is -5.53. The lowest BCUT2D eigenvalue weighted by Crippen LogP contribution is -2.36. The molecule has 2 atom stereocenters. The second kappa shape index (κ2) is 9.89. The summed E-state index contributed by atoms with van der Waals surface area (Å²) in [6.45, 7) is -0.306. The molecule has 0 saturated carbocycles. The molecule has 41 heavy (non-hydrogen) atoms. The number of nitrogens with zero attached hydrogens (tertiary/aromatic N) is 6. The monoisotopic (exact) mass is 559 g/mol. The van der Waals surface area contributed by atoms with Crippen LogP contribution in [0.5, 0.6) is 0 Å². The number of hydrogen-bond acceptors (Lipinski definition) is 9. The van der Waals surface area contributed by atoms with Crippen LogP contribution < -0.4 is 10.9 Å². The minimum Gasteiger partial charge on any atom is -0.443 e. The van der Waals surface area contributed by atoms with E-state index >= 15 is 0 Å². The van der Waals surface area contributed by atoms with Crippen LogP contribution in [0.2, 0.25) is 0 Å². The highest BCUT2D eigenvalue weighted by molar-refractivity contribution is 5.98. The van der Waals surface area contributed by atoms with Crippen molar-refractivity contribution in [3.63, 3.8) is 0 Å². The van der Waals surface area contributed by atoms with Crippen molar-refractivity contribution in [3.8, 4) is 0 Å². The molecule has 14 heteroatoms. The number of ether oxygens (including phenoxy) is 1. The van der Waals surface area contributed by atoms with E-state index in [4.69, 9.17) is 4.74 Å². The van der Waals surface area contributed by atoms with Gasteiger partial charge in [0.05, 0.1) is 28.0 Å². The summed E-state index contributed by atoms with van der Waals surface area (Å²) < 4.78 is 35.9. The number of hydrogen-bond donors (Lipinski definition) is 1. The van der Waals surface area contributed by atoms with Crippen LogP contribution in [-0.2, 0) is 18.4 Å². The van der Waals surface area contributed by atoms with E-state index in [0.29, 0.717) is 27.0 Å². The molecule has 1 aliphatic heterocycles. The maximum Gasteiger partial charge on any atom is 0.438 e. The van der Waals surface area contributed by atoms with Gasteiger partial charge in [0.15, 0.2) is 0 Å². The van der Waals surface area contributed by atoms with Gasteiger partial charge in [-0.05, 0) is 47.5 Å². The van der Waals surface area contributed by atoms with E-state index < -0.39 is 40.2 Å². The van der Waals surface area contributed by atoms with E-state index in [-0.39, 0.29) is 29.1 Å². The Kier molecular flexibility index (Phi) is 6.21. The van der Waals surface area contributed by atoms with Crippen LogP contribution in [0.15, 0.2) is 71.8 Å². The summed E-state index contributed by atoms with van der Waals surface area (Å²) in [4.78, 5) is 41.3. The molecule has 0 bridgehead atoms. The smallest absolute Gasteiger partial charge is 0.438 e. The Morgan fingerprint density at radius 2 is 1.83 bits per heavy atom. The average Bonchev–Trinajstić information content (AvgIpc) is 3.38. The molecule has 5 aromatic rings. The number of benzene rings is 3. The fourth-order valence-corrected chi connectivity index (χ4v) is 4.96. The van der Waals surface area contributed by atoms with Gasteiger partial charge in [-0.1, -0.05) is 12.1 Å². The molecule has 206 valence electrons. The van der Waals surface area contributed by atoms with Gasteiger partial charge >= 0.3 is 6.09 Å². The highest BCUT2D eigenvalue weighted by Crippen LogP contribution is 2.46. The van der Waals surface area contributed by atoms with Crippen molar-refractivity contribution < 1.29 is 23.2 Å². The average molecular weight is 559 g/mol. The standard InChI is InChI=1S/C27H19F2N7O5/c1-34-25(30-13-31-34)22-23(15-4-6-16(28)7-5-15)32-20-11-17(29)10-19-21(20)24(22)33-35(26(19)37)27(38)41-12-14-2-8-18(9-3-14)36(39)40/h2-11,13,22-23,32H,12H2,1H3/t22-,23-/m1/s1. The molecule has 0 amide bonds. The summed E-state index contributed by atoms with van der Waals surface area (Å²) >= 11 is 0. The van der Waals surface area contributed by atoms with Crippen molar-refractivity contribution in [2.24, 2.45) is 7.05 Å². The predicted octanol–water partition coefficient (Wildman–Crippen LogP) is 4.20. The van der Waals surface area contributed by atoms with Crippen LogP contribution in [0, 0.1) is 21.7 Å². The van der Waals surface area contributed by atoms with E-state index in [1.165, 1.54) is 53.5 Å². The van der Waals surface area contributed by atoms with Crippen LogP contribution in [0.3, 0.4) is 0 Å². The number of aryl methyl sites for hydroxylation is 1. The Bertz CT molecular complexity index is 1890. The van der Waals surface area contributed by atoms with Gasteiger partial charge in [0, 0.05) is 30.3 Å². The first kappa shape index (κ1) is 25.7. The Morgan fingerprint density at radius 1 is 1.10 bits per heavy atom. The second-order valence-electron chi connectivity index (χ2n) is 9.35. The maximum atomic E-state index is 14.8. The zero-order valence-corrected chi connectivity index (χ0v) is 21.2. The van der Waals surface area contributed by atoms with Crippen molar-refractivity contribution in [2.45, 2.75) is 18.6 Å². The van der Waals surface area contributed by atoms with Crippen molar-refractivity contribution >= 4 is 28.2 Å². The highest BCUT2D eigenvalue weighted by Gasteiger charge is 2.39. The third kappa shape index (κ3) is 4.54. The molecule has 3 heterocycles.